The first kappa shape index (κ1) is 30.9. The Hall–Kier alpha value is -4.53. The first-order valence-corrected chi connectivity index (χ1v) is 15.0. The number of carbonyl (C=O) groups is 2. The highest BCUT2D eigenvalue weighted by molar-refractivity contribution is 5.89. The summed E-state index contributed by atoms with van der Waals surface area (Å²) in [4.78, 5) is 32.8. The van der Waals surface area contributed by atoms with Gasteiger partial charge in [-0.1, -0.05) is 53.6 Å². The van der Waals surface area contributed by atoms with Crippen LogP contribution in [0.2, 0.25) is 0 Å². The van der Waals surface area contributed by atoms with E-state index in [-0.39, 0.29) is 12.0 Å². The lowest BCUT2D eigenvalue weighted by Crippen LogP contribution is -2.48. The second kappa shape index (κ2) is 12.6. The molecular weight excluding hydrogens is 556 g/mol. The standard InChI is InChI=1S/C34H40N6O4/c1-21-28(22(2)31(37-38-35)23(3)30(21)36-32(41)44-34(4,5)6)19-39-15-17-40(18-16-39)33(42)43-20-29-26-13-9-7-11-24(26)25-12-8-10-14-27(25)29/h7-14,29H,15-20H2,1-6H3,(H,36,41). The van der Waals surface area contributed by atoms with Gasteiger partial charge >= 0.3 is 12.2 Å². The second-order valence-corrected chi connectivity index (χ2v) is 12.5. The molecule has 1 saturated heterocycles. The van der Waals surface area contributed by atoms with Gasteiger partial charge in [0, 0.05) is 49.2 Å². The maximum absolute atomic E-state index is 13.1. The van der Waals surface area contributed by atoms with E-state index in [4.69, 9.17) is 9.47 Å². The average molecular weight is 597 g/mol. The number of nitrogens with zero attached hydrogens (tertiary/aromatic N) is 5. The van der Waals surface area contributed by atoms with Crippen LogP contribution < -0.4 is 5.32 Å². The molecule has 1 heterocycles. The largest absolute Gasteiger partial charge is 0.448 e. The van der Waals surface area contributed by atoms with Gasteiger partial charge in [0.1, 0.15) is 12.2 Å². The van der Waals surface area contributed by atoms with Gasteiger partial charge in [-0.3, -0.25) is 10.2 Å². The van der Waals surface area contributed by atoms with Crippen molar-refractivity contribution in [2.75, 3.05) is 38.1 Å². The molecule has 0 unspecified atom stereocenters. The summed E-state index contributed by atoms with van der Waals surface area (Å²) in [5, 5.41) is 6.84. The van der Waals surface area contributed by atoms with Crippen LogP contribution in [0.15, 0.2) is 53.6 Å². The summed E-state index contributed by atoms with van der Waals surface area (Å²) in [6.07, 6.45) is -0.870. The quantitative estimate of drug-likeness (QED) is 0.176. The van der Waals surface area contributed by atoms with E-state index in [9.17, 15) is 15.1 Å². The van der Waals surface area contributed by atoms with E-state index in [2.05, 4.69) is 44.5 Å². The van der Waals surface area contributed by atoms with E-state index >= 15 is 0 Å². The molecule has 0 aromatic heterocycles. The number of amides is 2. The number of nitrogens with one attached hydrogen (secondary N) is 1. The van der Waals surface area contributed by atoms with Gasteiger partial charge in [0.2, 0.25) is 0 Å². The van der Waals surface area contributed by atoms with E-state index in [0.29, 0.717) is 56.3 Å². The van der Waals surface area contributed by atoms with E-state index in [1.165, 1.54) is 22.3 Å². The highest BCUT2D eigenvalue weighted by Crippen LogP contribution is 2.44. The third-order valence-electron chi connectivity index (χ3n) is 8.48. The zero-order chi connectivity index (χ0) is 31.6. The first-order valence-electron chi connectivity index (χ1n) is 15.0. The van der Waals surface area contributed by atoms with Gasteiger partial charge < -0.3 is 14.4 Å². The van der Waals surface area contributed by atoms with Gasteiger partial charge in [-0.25, -0.2) is 9.59 Å². The summed E-state index contributed by atoms with van der Waals surface area (Å²) >= 11 is 0. The molecule has 44 heavy (non-hydrogen) atoms. The third kappa shape index (κ3) is 6.37. The number of benzene rings is 3. The number of piperazine rings is 1. The Labute approximate surface area is 258 Å². The fourth-order valence-corrected chi connectivity index (χ4v) is 6.28. The SMILES string of the molecule is Cc1c(CN2CCN(C(=O)OCC3c4ccccc4-c4ccccc43)CC2)c(C)c(NC(=O)OC(C)(C)C)c(C)c1N=[N+]=[N-]. The Morgan fingerprint density at radius 3 is 2.09 bits per heavy atom. The first-order chi connectivity index (χ1) is 21.0. The van der Waals surface area contributed by atoms with Crippen molar-refractivity contribution in [3.05, 3.63) is 92.4 Å². The second-order valence-electron chi connectivity index (χ2n) is 12.5. The Balaban J connectivity index is 1.24. The zero-order valence-corrected chi connectivity index (χ0v) is 26.3. The van der Waals surface area contributed by atoms with Crippen LogP contribution in [0.25, 0.3) is 21.6 Å². The van der Waals surface area contributed by atoms with Gasteiger partial charge in [0.25, 0.3) is 0 Å². The lowest BCUT2D eigenvalue weighted by Gasteiger charge is -2.35. The number of fused-ring (bicyclic) bond motifs is 3. The number of ether oxygens (including phenoxy) is 2. The van der Waals surface area contributed by atoms with E-state index in [1.807, 2.05) is 45.0 Å². The van der Waals surface area contributed by atoms with Gasteiger partial charge in [-0.05, 0) is 91.6 Å². The van der Waals surface area contributed by atoms with Crippen LogP contribution in [0.3, 0.4) is 0 Å². The highest BCUT2D eigenvalue weighted by Gasteiger charge is 2.31. The number of anilines is 1. The van der Waals surface area contributed by atoms with E-state index < -0.39 is 11.7 Å². The molecule has 0 bridgehead atoms. The van der Waals surface area contributed by atoms with Crippen molar-refractivity contribution in [1.82, 2.24) is 9.80 Å². The topological polar surface area (TPSA) is 120 Å². The van der Waals surface area contributed by atoms with Crippen molar-refractivity contribution in [2.24, 2.45) is 5.11 Å². The van der Waals surface area contributed by atoms with E-state index in [1.54, 1.807) is 25.7 Å². The molecule has 10 heteroatoms. The maximum atomic E-state index is 13.1. The summed E-state index contributed by atoms with van der Waals surface area (Å²) < 4.78 is 11.4. The number of azide groups is 1. The van der Waals surface area contributed by atoms with Gasteiger partial charge in [-0.2, -0.15) is 0 Å². The van der Waals surface area contributed by atoms with Crippen molar-refractivity contribution >= 4 is 23.6 Å². The Morgan fingerprint density at radius 1 is 0.932 bits per heavy atom. The fraction of sp³-hybridized carbons (Fsp3) is 0.412. The summed E-state index contributed by atoms with van der Waals surface area (Å²) in [6, 6.07) is 16.6. The van der Waals surface area contributed by atoms with Crippen molar-refractivity contribution in [3.8, 4) is 11.1 Å². The average Bonchev–Trinajstić information content (AvgIpc) is 3.31. The zero-order valence-electron chi connectivity index (χ0n) is 26.3. The number of hydrogen-bond acceptors (Lipinski definition) is 6. The van der Waals surface area contributed by atoms with Gasteiger partial charge in [-0.15, -0.1) is 0 Å². The summed E-state index contributed by atoms with van der Waals surface area (Å²) in [6.45, 7) is 14.4. The maximum Gasteiger partial charge on any atom is 0.412 e. The van der Waals surface area contributed by atoms with Crippen molar-refractivity contribution < 1.29 is 19.1 Å². The van der Waals surface area contributed by atoms with Crippen LogP contribution in [0, 0.1) is 20.8 Å². The summed E-state index contributed by atoms with van der Waals surface area (Å²) in [5.41, 5.74) is 17.9. The lowest BCUT2D eigenvalue weighted by molar-refractivity contribution is 0.0635. The van der Waals surface area contributed by atoms with Crippen LogP contribution in [-0.4, -0.2) is 60.4 Å². The highest BCUT2D eigenvalue weighted by atomic mass is 16.6. The molecule has 1 N–H and O–H groups in total. The molecular formula is C34H40N6O4. The molecule has 2 aliphatic rings. The Bertz CT molecular complexity index is 1590. The van der Waals surface area contributed by atoms with E-state index in [0.717, 1.165) is 16.7 Å². The predicted octanol–water partition coefficient (Wildman–Crippen LogP) is 7.97. The molecule has 1 aliphatic carbocycles. The third-order valence-corrected chi connectivity index (χ3v) is 8.48. The van der Waals surface area contributed by atoms with Gasteiger partial charge in [0.05, 0.1) is 5.69 Å². The molecule has 3 aromatic carbocycles. The number of rotatable bonds is 6. The predicted molar refractivity (Wildman–Crippen MR) is 171 cm³/mol. The van der Waals surface area contributed by atoms with Crippen molar-refractivity contribution in [1.29, 1.82) is 0 Å². The molecule has 1 fully saturated rings. The molecule has 2 amide bonds. The minimum atomic E-state index is -0.653. The molecule has 10 nitrogen and oxygen atoms in total. The van der Waals surface area contributed by atoms with Crippen LogP contribution in [0.4, 0.5) is 21.0 Å². The fourth-order valence-electron chi connectivity index (χ4n) is 6.28. The minimum Gasteiger partial charge on any atom is -0.448 e. The minimum absolute atomic E-state index is 0.0221. The normalized spacial score (nSPS) is 14.8. The molecule has 1 aliphatic heterocycles. The van der Waals surface area contributed by atoms with Crippen molar-refractivity contribution in [2.45, 2.75) is 59.6 Å². The molecule has 3 aromatic rings. The van der Waals surface area contributed by atoms with Crippen LogP contribution in [0.5, 0.6) is 0 Å². The molecule has 230 valence electrons. The molecule has 0 saturated carbocycles. The lowest BCUT2D eigenvalue weighted by atomic mass is 9.94. The summed E-state index contributed by atoms with van der Waals surface area (Å²) in [5.74, 6) is 0.0221. The van der Waals surface area contributed by atoms with Crippen LogP contribution in [-0.2, 0) is 16.0 Å². The molecule has 0 atom stereocenters. The van der Waals surface area contributed by atoms with Crippen LogP contribution in [0.1, 0.15) is 60.1 Å². The smallest absolute Gasteiger partial charge is 0.412 e. The van der Waals surface area contributed by atoms with Gasteiger partial charge in [0.15, 0.2) is 0 Å². The Morgan fingerprint density at radius 2 is 1.52 bits per heavy atom. The summed E-state index contributed by atoms with van der Waals surface area (Å²) in [7, 11) is 0. The monoisotopic (exact) mass is 596 g/mol. The molecule has 0 radical (unpaired) electrons. The van der Waals surface area contributed by atoms with Crippen molar-refractivity contribution in [3.63, 3.8) is 0 Å². The molecule has 5 rings (SSSR count). The molecule has 0 spiro atoms. The van der Waals surface area contributed by atoms with Crippen LogP contribution >= 0.6 is 0 Å². The number of carbonyl (C=O) groups excluding carboxylic acids is 2. The Kier molecular flexibility index (Phi) is 8.85. The number of hydrogen-bond donors (Lipinski definition) is 1.